The first-order valence-corrected chi connectivity index (χ1v) is 9.69. The fourth-order valence-electron chi connectivity index (χ4n) is 5.06. The van der Waals surface area contributed by atoms with Crippen molar-refractivity contribution in [3.63, 3.8) is 0 Å². The maximum absolute atomic E-state index is 13.4. The monoisotopic (exact) mass is 369 g/mol. The van der Waals surface area contributed by atoms with Gasteiger partial charge in [0.05, 0.1) is 6.61 Å². The molecule has 2 aromatic rings. The van der Waals surface area contributed by atoms with E-state index in [0.717, 1.165) is 23.7 Å². The molecular weight excluding hydrogens is 345 g/mol. The Kier molecular flexibility index (Phi) is 4.20. The molecule has 4 nitrogen and oxygen atoms in total. The maximum Gasteiger partial charge on any atom is 0.231 e. The van der Waals surface area contributed by atoms with Crippen LogP contribution in [0.2, 0.25) is 0 Å². The van der Waals surface area contributed by atoms with E-state index >= 15 is 0 Å². The van der Waals surface area contributed by atoms with Crippen molar-refractivity contribution in [2.24, 2.45) is 5.92 Å². The van der Waals surface area contributed by atoms with Gasteiger partial charge in [0.2, 0.25) is 6.79 Å². The van der Waals surface area contributed by atoms with Gasteiger partial charge in [-0.05, 0) is 62.1 Å². The van der Waals surface area contributed by atoms with Gasteiger partial charge in [0, 0.05) is 24.1 Å². The summed E-state index contributed by atoms with van der Waals surface area (Å²) in [6, 6.07) is 13.9. The summed E-state index contributed by atoms with van der Waals surface area (Å²) in [6.07, 6.45) is 3.54. The van der Waals surface area contributed by atoms with Crippen LogP contribution in [0.1, 0.15) is 30.7 Å². The minimum atomic E-state index is -0.178. The van der Waals surface area contributed by atoms with Crippen LogP contribution in [0.5, 0.6) is 17.2 Å². The van der Waals surface area contributed by atoms with Crippen molar-refractivity contribution < 1.29 is 18.6 Å². The van der Waals surface area contributed by atoms with Crippen molar-refractivity contribution in [2.45, 2.75) is 37.3 Å². The highest BCUT2D eigenvalue weighted by Crippen LogP contribution is 2.46. The van der Waals surface area contributed by atoms with Crippen LogP contribution < -0.4 is 14.2 Å². The lowest BCUT2D eigenvalue weighted by atomic mass is 9.76. The van der Waals surface area contributed by atoms with Gasteiger partial charge in [-0.3, -0.25) is 0 Å². The van der Waals surface area contributed by atoms with Gasteiger partial charge in [0.15, 0.2) is 11.5 Å². The molecule has 2 fully saturated rings. The van der Waals surface area contributed by atoms with Crippen LogP contribution in [-0.4, -0.2) is 37.4 Å². The van der Waals surface area contributed by atoms with Gasteiger partial charge in [0.25, 0.3) is 0 Å². The van der Waals surface area contributed by atoms with Gasteiger partial charge >= 0.3 is 0 Å². The molecule has 0 amide bonds. The summed E-state index contributed by atoms with van der Waals surface area (Å²) in [5.41, 5.74) is 1.22. The number of hydrogen-bond acceptors (Lipinski definition) is 4. The first-order chi connectivity index (χ1) is 13.2. The fraction of sp³-hybridized carbons (Fsp3) is 0.455. The topological polar surface area (TPSA) is 30.9 Å². The summed E-state index contributed by atoms with van der Waals surface area (Å²) in [5, 5.41) is 0. The predicted octanol–water partition coefficient (Wildman–Crippen LogP) is 4.20. The molecule has 0 N–H and O–H groups in total. The number of halogens is 1. The van der Waals surface area contributed by atoms with Crippen molar-refractivity contribution in [3.8, 4) is 17.2 Å². The van der Waals surface area contributed by atoms with Gasteiger partial charge in [-0.2, -0.15) is 0 Å². The van der Waals surface area contributed by atoms with E-state index in [-0.39, 0.29) is 12.6 Å². The Bertz CT molecular complexity index is 825. The molecule has 2 aromatic carbocycles. The quantitative estimate of drug-likeness (QED) is 0.808. The van der Waals surface area contributed by atoms with Crippen molar-refractivity contribution in [1.82, 2.24) is 4.90 Å². The first-order valence-electron chi connectivity index (χ1n) is 9.69. The fourth-order valence-corrected chi connectivity index (χ4v) is 5.06. The van der Waals surface area contributed by atoms with Crippen LogP contribution in [0.3, 0.4) is 0 Å². The van der Waals surface area contributed by atoms with E-state index in [2.05, 4.69) is 11.9 Å². The minimum absolute atomic E-state index is 0.178. The molecule has 0 aromatic heterocycles. The minimum Gasteiger partial charge on any atom is -0.493 e. The molecular formula is C22H24FNO3. The average Bonchev–Trinajstić information content (AvgIpc) is 3.23. The van der Waals surface area contributed by atoms with Gasteiger partial charge in [0.1, 0.15) is 11.6 Å². The van der Waals surface area contributed by atoms with E-state index in [4.69, 9.17) is 14.2 Å². The van der Waals surface area contributed by atoms with Crippen LogP contribution in [0.15, 0.2) is 42.5 Å². The standard InChI is InChI=1S/C22H24FNO3/c1-24-16-6-8-20(24)19(18(10-16)14-2-4-15(23)5-3-14)12-25-17-7-9-21-22(11-17)27-13-26-21/h2-5,7,9,11,16,18-20H,6,8,10,12-13H2,1H3/t16-,18+,19+,20?/m1/s1. The Morgan fingerprint density at radius 3 is 2.74 bits per heavy atom. The van der Waals surface area contributed by atoms with Crippen LogP contribution in [0.25, 0.3) is 0 Å². The van der Waals surface area contributed by atoms with E-state index < -0.39 is 0 Å². The second-order valence-electron chi connectivity index (χ2n) is 7.85. The highest BCUT2D eigenvalue weighted by Gasteiger charge is 2.46. The summed E-state index contributed by atoms with van der Waals surface area (Å²) >= 11 is 0. The molecule has 5 rings (SSSR count). The largest absolute Gasteiger partial charge is 0.493 e. The number of piperidine rings is 1. The van der Waals surface area contributed by atoms with E-state index in [1.807, 2.05) is 30.3 Å². The number of nitrogens with zero attached hydrogens (tertiary/aromatic N) is 1. The van der Waals surface area contributed by atoms with Crippen molar-refractivity contribution >= 4 is 0 Å². The average molecular weight is 369 g/mol. The predicted molar refractivity (Wildman–Crippen MR) is 99.9 cm³/mol. The third-order valence-electron chi connectivity index (χ3n) is 6.52. The lowest BCUT2D eigenvalue weighted by Crippen LogP contribution is -2.47. The zero-order valence-corrected chi connectivity index (χ0v) is 15.4. The van der Waals surface area contributed by atoms with Crippen LogP contribution >= 0.6 is 0 Å². The third-order valence-corrected chi connectivity index (χ3v) is 6.52. The number of fused-ring (bicyclic) bond motifs is 3. The van der Waals surface area contributed by atoms with E-state index in [1.165, 1.54) is 18.4 Å². The van der Waals surface area contributed by atoms with Crippen molar-refractivity contribution in [3.05, 3.63) is 53.8 Å². The normalized spacial score (nSPS) is 29.1. The van der Waals surface area contributed by atoms with Crippen LogP contribution in [0.4, 0.5) is 4.39 Å². The van der Waals surface area contributed by atoms with Crippen molar-refractivity contribution in [2.75, 3.05) is 20.4 Å². The highest BCUT2D eigenvalue weighted by atomic mass is 19.1. The summed E-state index contributed by atoms with van der Waals surface area (Å²) in [4.78, 5) is 2.52. The summed E-state index contributed by atoms with van der Waals surface area (Å²) in [7, 11) is 2.23. The van der Waals surface area contributed by atoms with Gasteiger partial charge in [-0.15, -0.1) is 0 Å². The zero-order valence-electron chi connectivity index (χ0n) is 15.4. The molecule has 2 bridgehead atoms. The van der Waals surface area contributed by atoms with Crippen LogP contribution in [0, 0.1) is 11.7 Å². The second-order valence-corrected chi connectivity index (χ2v) is 7.85. The molecule has 0 radical (unpaired) electrons. The zero-order chi connectivity index (χ0) is 18.4. The molecule has 3 aliphatic rings. The Labute approximate surface area is 158 Å². The maximum atomic E-state index is 13.4. The third kappa shape index (κ3) is 3.04. The molecule has 4 atom stereocenters. The molecule has 5 heteroatoms. The number of benzene rings is 2. The molecule has 0 aliphatic carbocycles. The number of ether oxygens (including phenoxy) is 3. The summed E-state index contributed by atoms with van der Waals surface area (Å²) in [6.45, 7) is 0.908. The van der Waals surface area contributed by atoms with Gasteiger partial charge < -0.3 is 19.1 Å². The molecule has 27 heavy (non-hydrogen) atoms. The van der Waals surface area contributed by atoms with E-state index in [9.17, 15) is 4.39 Å². The summed E-state index contributed by atoms with van der Waals surface area (Å²) in [5.74, 6) is 2.91. The second kappa shape index (κ2) is 6.71. The van der Waals surface area contributed by atoms with Crippen LogP contribution in [-0.2, 0) is 0 Å². The molecule has 0 saturated carbocycles. The molecule has 0 spiro atoms. The summed E-state index contributed by atoms with van der Waals surface area (Å²) < 4.78 is 30.4. The Morgan fingerprint density at radius 2 is 1.89 bits per heavy atom. The van der Waals surface area contributed by atoms with Crippen molar-refractivity contribution in [1.29, 1.82) is 0 Å². The van der Waals surface area contributed by atoms with E-state index in [1.54, 1.807) is 12.1 Å². The van der Waals surface area contributed by atoms with Gasteiger partial charge in [-0.1, -0.05) is 12.1 Å². The Hall–Kier alpha value is -2.27. The first kappa shape index (κ1) is 16.9. The van der Waals surface area contributed by atoms with Gasteiger partial charge in [-0.25, -0.2) is 4.39 Å². The smallest absolute Gasteiger partial charge is 0.231 e. The Morgan fingerprint density at radius 1 is 1.07 bits per heavy atom. The van der Waals surface area contributed by atoms with E-state index in [0.29, 0.717) is 30.5 Å². The molecule has 1 unspecified atom stereocenters. The molecule has 3 aliphatic heterocycles. The number of hydrogen-bond donors (Lipinski definition) is 0. The lowest BCUT2D eigenvalue weighted by Gasteiger charge is -2.43. The molecule has 3 heterocycles. The lowest BCUT2D eigenvalue weighted by molar-refractivity contribution is 0.0665. The molecule has 142 valence electrons. The Balaban J connectivity index is 1.37. The number of rotatable bonds is 4. The SMILES string of the molecule is CN1C2CC[C@@H]1C[C@@H](c1ccc(F)cc1)[C@@H]2COc1ccc2c(c1)OCO2. The highest BCUT2D eigenvalue weighted by molar-refractivity contribution is 5.46. The molecule has 2 saturated heterocycles.